The summed E-state index contributed by atoms with van der Waals surface area (Å²) in [5.74, 6) is -0.0132. The number of carbonyl (C=O) groups excluding carboxylic acids is 1. The summed E-state index contributed by atoms with van der Waals surface area (Å²) in [5.41, 5.74) is 0. The van der Waals surface area contributed by atoms with Gasteiger partial charge in [-0.15, -0.1) is 0 Å². The zero-order valence-electron chi connectivity index (χ0n) is 11.6. The van der Waals surface area contributed by atoms with Gasteiger partial charge in [-0.05, 0) is 31.6 Å². The Bertz CT molecular complexity index is 332. The van der Waals surface area contributed by atoms with Crippen LogP contribution in [-0.4, -0.2) is 47.6 Å². The van der Waals surface area contributed by atoms with Gasteiger partial charge in [0, 0.05) is 26.1 Å². The van der Waals surface area contributed by atoms with E-state index in [1.807, 2.05) is 0 Å². The lowest BCUT2D eigenvalue weighted by atomic mass is 9.85. The zero-order valence-corrected chi connectivity index (χ0v) is 11.6. The quantitative estimate of drug-likeness (QED) is 0.787. The lowest BCUT2D eigenvalue weighted by Crippen LogP contribution is -2.44. The van der Waals surface area contributed by atoms with Gasteiger partial charge in [-0.2, -0.15) is 0 Å². The zero-order chi connectivity index (χ0) is 13.8. The molecule has 2 N–H and O–H groups in total. The first-order chi connectivity index (χ1) is 9.08. The van der Waals surface area contributed by atoms with E-state index in [0.717, 1.165) is 6.42 Å². The number of carboxylic acid groups (broad SMARTS) is 1. The molecule has 2 rings (SSSR count). The number of fused-ring (bicyclic) bond motifs is 1. The second kappa shape index (κ2) is 6.37. The smallest absolute Gasteiger partial charge is 0.303 e. The third kappa shape index (κ3) is 3.69. The van der Waals surface area contributed by atoms with Crippen molar-refractivity contribution in [2.75, 3.05) is 13.6 Å². The minimum Gasteiger partial charge on any atom is -0.481 e. The number of aliphatic carboxylic acids is 1. The van der Waals surface area contributed by atoms with Crippen LogP contribution in [0.5, 0.6) is 0 Å². The van der Waals surface area contributed by atoms with E-state index in [1.165, 1.54) is 25.7 Å². The van der Waals surface area contributed by atoms with E-state index in [4.69, 9.17) is 5.11 Å². The van der Waals surface area contributed by atoms with Gasteiger partial charge in [0.2, 0.25) is 5.91 Å². The molecule has 1 aliphatic heterocycles. The van der Waals surface area contributed by atoms with E-state index in [2.05, 4.69) is 5.32 Å². The molecular weight excluding hydrogens is 244 g/mol. The van der Waals surface area contributed by atoms with Crippen LogP contribution in [0.3, 0.4) is 0 Å². The summed E-state index contributed by atoms with van der Waals surface area (Å²) in [6.45, 7) is 0.526. The Balaban J connectivity index is 1.78. The predicted molar refractivity (Wildman–Crippen MR) is 71.8 cm³/mol. The van der Waals surface area contributed by atoms with Crippen molar-refractivity contribution in [1.82, 2.24) is 10.2 Å². The van der Waals surface area contributed by atoms with E-state index in [-0.39, 0.29) is 18.4 Å². The summed E-state index contributed by atoms with van der Waals surface area (Å²) in [6.07, 6.45) is 6.59. The van der Waals surface area contributed by atoms with Gasteiger partial charge in [-0.25, -0.2) is 0 Å². The molecule has 0 spiro atoms. The van der Waals surface area contributed by atoms with Crippen LogP contribution in [0.4, 0.5) is 0 Å². The van der Waals surface area contributed by atoms with Crippen molar-refractivity contribution in [2.45, 2.75) is 57.0 Å². The average molecular weight is 268 g/mol. The average Bonchev–Trinajstić information content (AvgIpc) is 2.80. The standard InChI is InChI=1S/C14H24N2O3/c1-16(8-4-7-13(17)18)14(19)12-9-10-5-2-3-6-11(10)15-12/h10-12,15H,2-9H2,1H3,(H,17,18). The van der Waals surface area contributed by atoms with Crippen molar-refractivity contribution >= 4 is 11.9 Å². The molecule has 1 heterocycles. The Morgan fingerprint density at radius 1 is 1.32 bits per heavy atom. The van der Waals surface area contributed by atoms with Gasteiger partial charge >= 0.3 is 5.97 Å². The van der Waals surface area contributed by atoms with Crippen molar-refractivity contribution in [3.8, 4) is 0 Å². The molecule has 0 aromatic rings. The van der Waals surface area contributed by atoms with E-state index in [1.54, 1.807) is 11.9 Å². The molecular formula is C14H24N2O3. The largest absolute Gasteiger partial charge is 0.481 e. The van der Waals surface area contributed by atoms with Gasteiger partial charge in [0.15, 0.2) is 0 Å². The maximum absolute atomic E-state index is 12.3. The van der Waals surface area contributed by atoms with E-state index in [9.17, 15) is 9.59 Å². The molecule has 0 bridgehead atoms. The van der Waals surface area contributed by atoms with Crippen LogP contribution >= 0.6 is 0 Å². The van der Waals surface area contributed by atoms with Crippen molar-refractivity contribution < 1.29 is 14.7 Å². The van der Waals surface area contributed by atoms with Gasteiger partial charge in [-0.3, -0.25) is 9.59 Å². The summed E-state index contributed by atoms with van der Waals surface area (Å²) in [4.78, 5) is 24.4. The van der Waals surface area contributed by atoms with Gasteiger partial charge in [0.05, 0.1) is 6.04 Å². The first-order valence-electron chi connectivity index (χ1n) is 7.30. The van der Waals surface area contributed by atoms with Crippen LogP contribution in [0.25, 0.3) is 0 Å². The maximum Gasteiger partial charge on any atom is 0.303 e. The SMILES string of the molecule is CN(CCCC(=O)O)C(=O)C1CC2CCCCC2N1. The molecule has 0 radical (unpaired) electrons. The number of likely N-dealkylation sites (N-methyl/N-ethyl adjacent to an activating group) is 1. The molecule has 5 nitrogen and oxygen atoms in total. The Kier molecular flexibility index (Phi) is 4.80. The van der Waals surface area contributed by atoms with Crippen LogP contribution in [0, 0.1) is 5.92 Å². The molecule has 2 aliphatic rings. The number of carbonyl (C=O) groups is 2. The van der Waals surface area contributed by atoms with Gasteiger partial charge < -0.3 is 15.3 Å². The Morgan fingerprint density at radius 3 is 2.74 bits per heavy atom. The van der Waals surface area contributed by atoms with E-state index in [0.29, 0.717) is 24.9 Å². The topological polar surface area (TPSA) is 69.6 Å². The third-order valence-electron chi connectivity index (χ3n) is 4.42. The molecule has 3 unspecified atom stereocenters. The number of carboxylic acids is 1. The molecule has 0 aromatic carbocycles. The molecule has 1 saturated carbocycles. The second-order valence-electron chi connectivity index (χ2n) is 5.86. The van der Waals surface area contributed by atoms with Crippen molar-refractivity contribution in [3.63, 3.8) is 0 Å². The summed E-state index contributed by atoms with van der Waals surface area (Å²) in [6, 6.07) is 0.470. The van der Waals surface area contributed by atoms with E-state index < -0.39 is 5.97 Å². The fourth-order valence-corrected chi connectivity index (χ4v) is 3.35. The summed E-state index contributed by atoms with van der Waals surface area (Å²) in [5, 5.41) is 12.1. The fourth-order valence-electron chi connectivity index (χ4n) is 3.35. The van der Waals surface area contributed by atoms with Crippen LogP contribution in [-0.2, 0) is 9.59 Å². The van der Waals surface area contributed by atoms with Crippen LogP contribution in [0.2, 0.25) is 0 Å². The molecule has 108 valence electrons. The third-order valence-corrected chi connectivity index (χ3v) is 4.42. The lowest BCUT2D eigenvalue weighted by molar-refractivity contribution is -0.138. The molecule has 19 heavy (non-hydrogen) atoms. The first kappa shape index (κ1) is 14.3. The monoisotopic (exact) mass is 268 g/mol. The highest BCUT2D eigenvalue weighted by Crippen LogP contribution is 2.33. The number of rotatable bonds is 5. The lowest BCUT2D eigenvalue weighted by Gasteiger charge is -2.24. The molecule has 0 aromatic heterocycles. The molecule has 3 atom stereocenters. The van der Waals surface area contributed by atoms with Gasteiger partial charge in [0.1, 0.15) is 0 Å². The number of amides is 1. The van der Waals surface area contributed by atoms with Crippen molar-refractivity contribution in [1.29, 1.82) is 0 Å². The molecule has 5 heteroatoms. The highest BCUT2D eigenvalue weighted by molar-refractivity contribution is 5.82. The maximum atomic E-state index is 12.3. The predicted octanol–water partition coefficient (Wildman–Crippen LogP) is 1.23. The second-order valence-corrected chi connectivity index (χ2v) is 5.86. The normalized spacial score (nSPS) is 29.8. The van der Waals surface area contributed by atoms with Gasteiger partial charge in [-0.1, -0.05) is 12.8 Å². The summed E-state index contributed by atoms with van der Waals surface area (Å²) < 4.78 is 0. The molecule has 2 fully saturated rings. The number of nitrogens with one attached hydrogen (secondary N) is 1. The minimum atomic E-state index is -0.800. The van der Waals surface area contributed by atoms with Crippen molar-refractivity contribution in [2.24, 2.45) is 5.92 Å². The van der Waals surface area contributed by atoms with Crippen LogP contribution in [0.15, 0.2) is 0 Å². The van der Waals surface area contributed by atoms with Crippen LogP contribution < -0.4 is 5.32 Å². The number of hydrogen-bond donors (Lipinski definition) is 2. The minimum absolute atomic E-state index is 0.0528. The summed E-state index contributed by atoms with van der Waals surface area (Å²) in [7, 11) is 1.77. The molecule has 1 aliphatic carbocycles. The van der Waals surface area contributed by atoms with Gasteiger partial charge in [0.25, 0.3) is 0 Å². The molecule has 1 amide bonds. The number of nitrogens with zero attached hydrogens (tertiary/aromatic N) is 1. The highest BCUT2D eigenvalue weighted by atomic mass is 16.4. The summed E-state index contributed by atoms with van der Waals surface area (Å²) >= 11 is 0. The van der Waals surface area contributed by atoms with Crippen molar-refractivity contribution in [3.05, 3.63) is 0 Å². The Labute approximate surface area is 114 Å². The molecule has 1 saturated heterocycles. The van der Waals surface area contributed by atoms with E-state index >= 15 is 0 Å². The van der Waals surface area contributed by atoms with Crippen LogP contribution in [0.1, 0.15) is 44.9 Å². The Morgan fingerprint density at radius 2 is 2.05 bits per heavy atom. The fraction of sp³-hybridized carbons (Fsp3) is 0.857. The Hall–Kier alpha value is -1.10. The number of hydrogen-bond acceptors (Lipinski definition) is 3. The first-order valence-corrected chi connectivity index (χ1v) is 7.30. The highest BCUT2D eigenvalue weighted by Gasteiger charge is 2.38.